The number of nitrogens with two attached hydrogens (primary N) is 1. The zero-order chi connectivity index (χ0) is 20.1. The van der Waals surface area contributed by atoms with Crippen LogP contribution in [0.1, 0.15) is 27.0 Å². The van der Waals surface area contributed by atoms with Gasteiger partial charge < -0.3 is 15.8 Å². The van der Waals surface area contributed by atoms with Crippen molar-refractivity contribution in [3.8, 4) is 11.5 Å². The molecule has 0 aliphatic carbocycles. The molecule has 0 bridgehead atoms. The number of aryl methyl sites for hydroxylation is 1. The number of benzene rings is 3. The van der Waals surface area contributed by atoms with Crippen LogP contribution < -0.4 is 15.8 Å². The molecule has 0 aliphatic heterocycles. The third-order valence-corrected chi connectivity index (χ3v) is 4.87. The van der Waals surface area contributed by atoms with Crippen LogP contribution in [0.3, 0.4) is 0 Å². The van der Waals surface area contributed by atoms with Gasteiger partial charge in [0.2, 0.25) is 0 Å². The summed E-state index contributed by atoms with van der Waals surface area (Å²) in [4.78, 5) is 12.6. The van der Waals surface area contributed by atoms with E-state index in [2.05, 4.69) is 5.32 Å². The van der Waals surface area contributed by atoms with Crippen LogP contribution in [0.15, 0.2) is 60.7 Å². The Morgan fingerprint density at radius 2 is 1.79 bits per heavy atom. The Bertz CT molecular complexity index is 1010. The van der Waals surface area contributed by atoms with E-state index >= 15 is 0 Å². The highest BCUT2D eigenvalue weighted by atomic mass is 35.5. The van der Waals surface area contributed by atoms with E-state index in [0.29, 0.717) is 40.2 Å². The van der Waals surface area contributed by atoms with Gasteiger partial charge in [0.15, 0.2) is 0 Å². The summed E-state index contributed by atoms with van der Waals surface area (Å²) in [6.45, 7) is 2.62. The second-order valence-electron chi connectivity index (χ2n) is 6.42. The van der Waals surface area contributed by atoms with Crippen LogP contribution in [0.5, 0.6) is 11.5 Å². The van der Waals surface area contributed by atoms with Gasteiger partial charge in [-0.2, -0.15) is 0 Å². The molecule has 4 nitrogen and oxygen atoms in total. The number of carbonyl (C=O) groups excluding carboxylic acids is 1. The van der Waals surface area contributed by atoms with Crippen molar-refractivity contribution in [3.63, 3.8) is 0 Å². The van der Waals surface area contributed by atoms with E-state index < -0.39 is 0 Å². The molecule has 28 heavy (non-hydrogen) atoms. The predicted octanol–water partition coefficient (Wildman–Crippen LogP) is 5.48. The normalized spacial score (nSPS) is 10.6. The number of hydrogen-bond acceptors (Lipinski definition) is 3. The number of nitrogens with one attached hydrogen (secondary N) is 1. The monoisotopic (exact) mass is 414 g/mol. The van der Waals surface area contributed by atoms with Crippen molar-refractivity contribution in [2.24, 2.45) is 5.73 Å². The Kier molecular flexibility index (Phi) is 6.57. The molecule has 1 amide bonds. The van der Waals surface area contributed by atoms with Gasteiger partial charge in [0.25, 0.3) is 5.91 Å². The van der Waals surface area contributed by atoms with Gasteiger partial charge in [0, 0.05) is 18.7 Å². The summed E-state index contributed by atoms with van der Waals surface area (Å²) in [6.07, 6.45) is 0. The molecule has 0 radical (unpaired) electrons. The molecule has 3 N–H and O–H groups in total. The van der Waals surface area contributed by atoms with E-state index in [1.165, 1.54) is 0 Å². The Labute approximate surface area is 174 Å². The van der Waals surface area contributed by atoms with Gasteiger partial charge in [-0.15, -0.1) is 0 Å². The highest BCUT2D eigenvalue weighted by Crippen LogP contribution is 2.25. The van der Waals surface area contributed by atoms with E-state index in [1.807, 2.05) is 43.3 Å². The number of amides is 1. The minimum absolute atomic E-state index is 0.226. The molecule has 0 unspecified atom stereocenters. The topological polar surface area (TPSA) is 64.3 Å². The Hall–Kier alpha value is -2.53. The fourth-order valence-corrected chi connectivity index (χ4v) is 3.04. The maximum Gasteiger partial charge on any atom is 0.251 e. The lowest BCUT2D eigenvalue weighted by atomic mass is 10.1. The van der Waals surface area contributed by atoms with Crippen LogP contribution in [0.2, 0.25) is 10.0 Å². The summed E-state index contributed by atoms with van der Waals surface area (Å²) < 4.78 is 5.92. The van der Waals surface area contributed by atoms with Crippen molar-refractivity contribution in [2.45, 2.75) is 20.0 Å². The molecule has 6 heteroatoms. The van der Waals surface area contributed by atoms with E-state index in [4.69, 9.17) is 33.7 Å². The molecular weight excluding hydrogens is 395 g/mol. The molecule has 0 saturated carbocycles. The molecule has 144 valence electrons. The maximum absolute atomic E-state index is 12.6. The van der Waals surface area contributed by atoms with Crippen molar-refractivity contribution in [1.82, 2.24) is 5.32 Å². The second kappa shape index (κ2) is 9.11. The van der Waals surface area contributed by atoms with Gasteiger partial charge in [-0.1, -0.05) is 41.4 Å². The molecule has 0 spiro atoms. The van der Waals surface area contributed by atoms with Crippen LogP contribution in [0, 0.1) is 6.92 Å². The van der Waals surface area contributed by atoms with Crippen molar-refractivity contribution < 1.29 is 9.53 Å². The van der Waals surface area contributed by atoms with Crippen LogP contribution >= 0.6 is 23.2 Å². The largest absolute Gasteiger partial charge is 0.457 e. The average Bonchev–Trinajstić information content (AvgIpc) is 2.68. The fraction of sp³-hybridized carbons (Fsp3) is 0.136. The van der Waals surface area contributed by atoms with Crippen molar-refractivity contribution in [3.05, 3.63) is 93.0 Å². The van der Waals surface area contributed by atoms with E-state index in [1.54, 1.807) is 24.3 Å². The number of ether oxygens (including phenoxy) is 1. The zero-order valence-electron chi connectivity index (χ0n) is 15.3. The Balaban J connectivity index is 1.76. The first-order chi connectivity index (χ1) is 13.4. The van der Waals surface area contributed by atoms with Crippen LogP contribution in [0.4, 0.5) is 0 Å². The van der Waals surface area contributed by atoms with Crippen molar-refractivity contribution in [1.29, 1.82) is 0 Å². The molecule has 3 aromatic carbocycles. The first kappa shape index (κ1) is 20.2. The first-order valence-electron chi connectivity index (χ1n) is 8.75. The van der Waals surface area contributed by atoms with Gasteiger partial charge in [-0.05, 0) is 66.1 Å². The quantitative estimate of drug-likeness (QED) is 0.560. The van der Waals surface area contributed by atoms with Gasteiger partial charge in [0.1, 0.15) is 11.5 Å². The van der Waals surface area contributed by atoms with Crippen molar-refractivity contribution in [2.75, 3.05) is 0 Å². The molecule has 0 aromatic heterocycles. The van der Waals surface area contributed by atoms with Gasteiger partial charge >= 0.3 is 0 Å². The number of halogens is 2. The summed E-state index contributed by atoms with van der Waals surface area (Å²) in [7, 11) is 0. The lowest BCUT2D eigenvalue weighted by molar-refractivity contribution is 0.0950. The standard InChI is InChI=1S/C22H20Cl2N2O2/c1-14-3-2-4-18(7-14)28-19-9-16(12-25)8-17(11-19)22(27)26-13-15-5-6-20(23)21(24)10-15/h2-11H,12-13,25H2,1H3,(H,26,27). The molecular formula is C22H20Cl2N2O2. The van der Waals surface area contributed by atoms with Gasteiger partial charge in [0.05, 0.1) is 10.0 Å². The molecule has 0 atom stereocenters. The maximum atomic E-state index is 12.6. The Morgan fingerprint density at radius 1 is 0.964 bits per heavy atom. The van der Waals surface area contributed by atoms with E-state index in [-0.39, 0.29) is 5.91 Å². The lowest BCUT2D eigenvalue weighted by Gasteiger charge is -2.11. The SMILES string of the molecule is Cc1cccc(Oc2cc(CN)cc(C(=O)NCc3ccc(Cl)c(Cl)c3)c2)c1. The number of rotatable bonds is 6. The minimum Gasteiger partial charge on any atom is -0.457 e. The third kappa shape index (κ3) is 5.26. The van der Waals surface area contributed by atoms with Crippen LogP contribution in [-0.2, 0) is 13.1 Å². The van der Waals surface area contributed by atoms with Crippen molar-refractivity contribution >= 4 is 29.1 Å². The lowest BCUT2D eigenvalue weighted by Crippen LogP contribution is -2.23. The summed E-state index contributed by atoms with van der Waals surface area (Å²) in [6, 6.07) is 18.2. The van der Waals surface area contributed by atoms with E-state index in [9.17, 15) is 4.79 Å². The summed E-state index contributed by atoms with van der Waals surface area (Å²) in [5.41, 5.74) is 9.02. The minimum atomic E-state index is -0.226. The highest BCUT2D eigenvalue weighted by Gasteiger charge is 2.10. The molecule has 0 heterocycles. The summed E-state index contributed by atoms with van der Waals surface area (Å²) in [5.74, 6) is 1.04. The predicted molar refractivity (Wildman–Crippen MR) is 113 cm³/mol. The molecule has 3 rings (SSSR count). The second-order valence-corrected chi connectivity index (χ2v) is 7.23. The highest BCUT2D eigenvalue weighted by molar-refractivity contribution is 6.42. The first-order valence-corrected chi connectivity index (χ1v) is 9.51. The molecule has 3 aromatic rings. The molecule has 0 aliphatic rings. The zero-order valence-corrected chi connectivity index (χ0v) is 16.8. The fourth-order valence-electron chi connectivity index (χ4n) is 2.72. The van der Waals surface area contributed by atoms with E-state index in [0.717, 1.165) is 16.7 Å². The number of carbonyl (C=O) groups is 1. The van der Waals surface area contributed by atoms with Crippen LogP contribution in [-0.4, -0.2) is 5.91 Å². The Morgan fingerprint density at radius 3 is 2.50 bits per heavy atom. The summed E-state index contributed by atoms with van der Waals surface area (Å²) in [5, 5.41) is 3.80. The third-order valence-electron chi connectivity index (χ3n) is 4.13. The van der Waals surface area contributed by atoms with Gasteiger partial charge in [-0.25, -0.2) is 0 Å². The van der Waals surface area contributed by atoms with Crippen LogP contribution in [0.25, 0.3) is 0 Å². The summed E-state index contributed by atoms with van der Waals surface area (Å²) >= 11 is 11.9. The average molecular weight is 415 g/mol. The van der Waals surface area contributed by atoms with Gasteiger partial charge in [-0.3, -0.25) is 4.79 Å². The molecule has 0 saturated heterocycles. The number of hydrogen-bond donors (Lipinski definition) is 2. The smallest absolute Gasteiger partial charge is 0.251 e. The molecule has 0 fully saturated rings.